The number of amides is 2. The Morgan fingerprint density at radius 1 is 1.58 bits per heavy atom. The second-order valence-corrected chi connectivity index (χ2v) is 4.92. The van der Waals surface area contributed by atoms with Crippen LogP contribution in [0, 0.1) is 0 Å². The van der Waals surface area contributed by atoms with Gasteiger partial charge in [0, 0.05) is 12.7 Å². The maximum absolute atomic E-state index is 12.1. The van der Waals surface area contributed by atoms with Gasteiger partial charge in [0.2, 0.25) is 0 Å². The number of aromatic amines is 1. The number of aliphatic carboxylic acids is 1. The fourth-order valence-electron chi connectivity index (χ4n) is 2.32. The van der Waals surface area contributed by atoms with Gasteiger partial charge in [-0.3, -0.25) is 0 Å². The predicted octanol–water partition coefficient (Wildman–Crippen LogP) is 0.948. The summed E-state index contributed by atoms with van der Waals surface area (Å²) < 4.78 is 0. The van der Waals surface area contributed by atoms with E-state index in [-0.39, 0.29) is 6.03 Å². The molecule has 0 spiro atoms. The molecule has 0 radical (unpaired) electrons. The monoisotopic (exact) mass is 266 g/mol. The summed E-state index contributed by atoms with van der Waals surface area (Å²) in [5.74, 6) is -0.955. The first-order valence-electron chi connectivity index (χ1n) is 6.30. The molecule has 104 valence electrons. The molecule has 0 aliphatic carbocycles. The van der Waals surface area contributed by atoms with Gasteiger partial charge in [0.05, 0.1) is 18.6 Å². The van der Waals surface area contributed by atoms with Crippen LogP contribution in [-0.2, 0) is 11.3 Å². The number of nitrogens with zero attached hydrogens (tertiary/aromatic N) is 2. The molecular weight excluding hydrogens is 248 g/mol. The SMILES string of the molecule is CC1(C(=O)O)CCCCN1C(=O)NCc1cnc[nH]1. The van der Waals surface area contributed by atoms with Gasteiger partial charge in [-0.25, -0.2) is 14.6 Å². The quantitative estimate of drug-likeness (QED) is 0.758. The molecule has 0 saturated carbocycles. The molecule has 1 saturated heterocycles. The first kappa shape index (κ1) is 13.4. The summed E-state index contributed by atoms with van der Waals surface area (Å²) in [4.78, 5) is 31.7. The van der Waals surface area contributed by atoms with Crippen LogP contribution in [0.5, 0.6) is 0 Å². The third kappa shape index (κ3) is 2.69. The first-order valence-corrected chi connectivity index (χ1v) is 6.30. The highest BCUT2D eigenvalue weighted by atomic mass is 16.4. The number of hydrogen-bond donors (Lipinski definition) is 3. The van der Waals surface area contributed by atoms with Gasteiger partial charge in [-0.15, -0.1) is 0 Å². The van der Waals surface area contributed by atoms with E-state index in [1.807, 2.05) is 0 Å². The van der Waals surface area contributed by atoms with Gasteiger partial charge in [0.15, 0.2) is 0 Å². The third-order valence-electron chi connectivity index (χ3n) is 3.58. The highest BCUT2D eigenvalue weighted by Crippen LogP contribution is 2.28. The molecule has 2 rings (SSSR count). The van der Waals surface area contributed by atoms with Crippen molar-refractivity contribution in [1.82, 2.24) is 20.2 Å². The summed E-state index contributed by atoms with van der Waals surface area (Å²) in [5.41, 5.74) is -0.335. The van der Waals surface area contributed by atoms with Crippen molar-refractivity contribution in [2.24, 2.45) is 0 Å². The Kier molecular flexibility index (Phi) is 3.73. The zero-order valence-corrected chi connectivity index (χ0v) is 10.8. The Morgan fingerprint density at radius 3 is 3.00 bits per heavy atom. The summed E-state index contributed by atoms with van der Waals surface area (Å²) in [6, 6.07) is -0.348. The predicted molar refractivity (Wildman–Crippen MR) is 67.4 cm³/mol. The van der Waals surface area contributed by atoms with Crippen molar-refractivity contribution < 1.29 is 14.7 Å². The number of urea groups is 1. The molecule has 1 aliphatic rings. The van der Waals surface area contributed by atoms with Crippen LogP contribution in [0.1, 0.15) is 31.9 Å². The second-order valence-electron chi connectivity index (χ2n) is 4.92. The van der Waals surface area contributed by atoms with Crippen LogP contribution in [0.3, 0.4) is 0 Å². The van der Waals surface area contributed by atoms with E-state index in [1.165, 1.54) is 11.2 Å². The zero-order chi connectivity index (χ0) is 13.9. The number of carbonyl (C=O) groups excluding carboxylic acids is 1. The van der Waals surface area contributed by atoms with Crippen molar-refractivity contribution in [3.63, 3.8) is 0 Å². The summed E-state index contributed by atoms with van der Waals surface area (Å²) in [6.07, 6.45) is 5.30. The van der Waals surface area contributed by atoms with Crippen LogP contribution >= 0.6 is 0 Å². The highest BCUT2D eigenvalue weighted by Gasteiger charge is 2.43. The summed E-state index contributed by atoms with van der Waals surface area (Å²) >= 11 is 0. The lowest BCUT2D eigenvalue weighted by Crippen LogP contribution is -2.59. The minimum atomic E-state index is -1.11. The van der Waals surface area contributed by atoms with Crippen LogP contribution in [0.15, 0.2) is 12.5 Å². The number of likely N-dealkylation sites (tertiary alicyclic amines) is 1. The largest absolute Gasteiger partial charge is 0.480 e. The number of aromatic nitrogens is 2. The topological polar surface area (TPSA) is 98.3 Å². The molecular formula is C12H18N4O3. The Labute approximate surface area is 111 Å². The van der Waals surface area contributed by atoms with Gasteiger partial charge >= 0.3 is 12.0 Å². The fourth-order valence-corrected chi connectivity index (χ4v) is 2.32. The number of imidazole rings is 1. The highest BCUT2D eigenvalue weighted by molar-refractivity contribution is 5.86. The molecule has 1 atom stereocenters. The second kappa shape index (κ2) is 5.29. The Morgan fingerprint density at radius 2 is 2.37 bits per heavy atom. The van der Waals surface area contributed by atoms with Gasteiger partial charge in [-0.1, -0.05) is 0 Å². The molecule has 1 fully saturated rings. The normalized spacial score (nSPS) is 23.1. The van der Waals surface area contributed by atoms with Gasteiger partial charge in [0.1, 0.15) is 5.54 Å². The van der Waals surface area contributed by atoms with E-state index >= 15 is 0 Å². The molecule has 1 unspecified atom stereocenters. The molecule has 1 aromatic heterocycles. The van der Waals surface area contributed by atoms with Gasteiger partial charge < -0.3 is 20.3 Å². The molecule has 1 aromatic rings. The maximum atomic E-state index is 12.1. The van der Waals surface area contributed by atoms with Crippen LogP contribution in [0.4, 0.5) is 4.79 Å². The van der Waals surface area contributed by atoms with Crippen molar-refractivity contribution in [3.8, 4) is 0 Å². The van der Waals surface area contributed by atoms with Gasteiger partial charge in [-0.05, 0) is 26.2 Å². The third-order valence-corrected chi connectivity index (χ3v) is 3.58. The molecule has 19 heavy (non-hydrogen) atoms. The van der Waals surface area contributed by atoms with Crippen molar-refractivity contribution in [3.05, 3.63) is 18.2 Å². The van der Waals surface area contributed by atoms with E-state index in [2.05, 4.69) is 15.3 Å². The zero-order valence-electron chi connectivity index (χ0n) is 10.8. The average molecular weight is 266 g/mol. The molecule has 0 bridgehead atoms. The number of rotatable bonds is 3. The number of nitrogens with one attached hydrogen (secondary N) is 2. The van der Waals surface area contributed by atoms with Crippen LogP contribution < -0.4 is 5.32 Å². The molecule has 7 nitrogen and oxygen atoms in total. The number of carbonyl (C=O) groups is 2. The van der Waals surface area contributed by atoms with E-state index in [4.69, 9.17) is 0 Å². The minimum absolute atomic E-state index is 0.311. The number of carboxylic acid groups (broad SMARTS) is 1. The molecule has 7 heteroatoms. The molecule has 0 aromatic carbocycles. The van der Waals surface area contributed by atoms with Gasteiger partial charge in [-0.2, -0.15) is 0 Å². The first-order chi connectivity index (χ1) is 9.04. The van der Waals surface area contributed by atoms with Crippen molar-refractivity contribution in [1.29, 1.82) is 0 Å². The number of H-pyrrole nitrogens is 1. The molecule has 2 heterocycles. The number of carboxylic acids is 1. The van der Waals surface area contributed by atoms with E-state index in [1.54, 1.807) is 13.1 Å². The van der Waals surface area contributed by atoms with Crippen molar-refractivity contribution >= 4 is 12.0 Å². The lowest BCUT2D eigenvalue weighted by molar-refractivity contribution is -0.150. The molecule has 2 amide bonds. The standard InChI is InChI=1S/C12H18N4O3/c1-12(10(17)18)4-2-3-5-16(12)11(19)14-7-9-6-13-8-15-9/h6,8H,2-5,7H2,1H3,(H,13,15)(H,14,19)(H,17,18). The number of piperidine rings is 1. The minimum Gasteiger partial charge on any atom is -0.480 e. The summed E-state index contributed by atoms with van der Waals surface area (Å²) in [6.45, 7) is 2.38. The van der Waals surface area contributed by atoms with Crippen LogP contribution in [0.2, 0.25) is 0 Å². The van der Waals surface area contributed by atoms with E-state index < -0.39 is 11.5 Å². The Hall–Kier alpha value is -2.05. The smallest absolute Gasteiger partial charge is 0.329 e. The van der Waals surface area contributed by atoms with Crippen molar-refractivity contribution in [2.75, 3.05) is 6.54 Å². The van der Waals surface area contributed by atoms with E-state index in [0.717, 1.165) is 18.5 Å². The lowest BCUT2D eigenvalue weighted by Gasteiger charge is -2.41. The summed E-state index contributed by atoms with van der Waals surface area (Å²) in [5, 5.41) is 12.0. The number of hydrogen-bond acceptors (Lipinski definition) is 3. The van der Waals surface area contributed by atoms with Crippen LogP contribution in [0.25, 0.3) is 0 Å². The lowest BCUT2D eigenvalue weighted by atomic mass is 9.89. The molecule has 3 N–H and O–H groups in total. The Bertz CT molecular complexity index is 460. The summed E-state index contributed by atoms with van der Waals surface area (Å²) in [7, 11) is 0. The van der Waals surface area contributed by atoms with E-state index in [9.17, 15) is 14.7 Å². The van der Waals surface area contributed by atoms with Crippen LogP contribution in [-0.4, -0.2) is 44.1 Å². The van der Waals surface area contributed by atoms with Gasteiger partial charge in [0.25, 0.3) is 0 Å². The fraction of sp³-hybridized carbons (Fsp3) is 0.583. The van der Waals surface area contributed by atoms with E-state index in [0.29, 0.717) is 19.5 Å². The van der Waals surface area contributed by atoms with Crippen molar-refractivity contribution in [2.45, 2.75) is 38.3 Å². The average Bonchev–Trinajstić information content (AvgIpc) is 2.89. The maximum Gasteiger partial charge on any atom is 0.329 e. The molecule has 1 aliphatic heterocycles. The Balaban J connectivity index is 2.01.